The number of hydrogen-bond donors (Lipinski definition) is 2. The fourth-order valence-corrected chi connectivity index (χ4v) is 1.64. The van der Waals surface area contributed by atoms with Gasteiger partial charge in [0.2, 0.25) is 0 Å². The predicted octanol–water partition coefficient (Wildman–Crippen LogP) is 1.37. The Bertz CT molecular complexity index is 373. The maximum atomic E-state index is 9.73. The molecule has 5 nitrogen and oxygen atoms in total. The molecule has 0 aliphatic carbocycles. The summed E-state index contributed by atoms with van der Waals surface area (Å²) in [4.78, 5) is 0. The van der Waals surface area contributed by atoms with Gasteiger partial charge in [0.05, 0.1) is 19.8 Å². The molecule has 1 aromatic rings. The minimum Gasteiger partial charge on any atom is -0.491 e. The third kappa shape index (κ3) is 6.34. The lowest BCUT2D eigenvalue weighted by Crippen LogP contribution is -2.24. The number of ether oxygens (including phenoxy) is 3. The van der Waals surface area contributed by atoms with Gasteiger partial charge < -0.3 is 24.6 Å². The van der Waals surface area contributed by atoms with Crippen molar-refractivity contribution in [2.45, 2.75) is 19.1 Å². The fourth-order valence-electron chi connectivity index (χ4n) is 1.64. The lowest BCUT2D eigenvalue weighted by atomic mass is 10.1. The molecule has 0 aliphatic heterocycles. The quantitative estimate of drug-likeness (QED) is 0.635. The highest BCUT2D eigenvalue weighted by Crippen LogP contribution is 2.18. The van der Waals surface area contributed by atoms with Crippen LogP contribution in [0.1, 0.15) is 18.5 Å². The Kier molecular flexibility index (Phi) is 8.22. The van der Waals surface area contributed by atoms with Crippen molar-refractivity contribution in [1.82, 2.24) is 5.32 Å². The van der Waals surface area contributed by atoms with Gasteiger partial charge in [0, 0.05) is 13.2 Å². The number of rotatable bonds is 10. The molecule has 0 saturated heterocycles. The molecule has 0 amide bonds. The van der Waals surface area contributed by atoms with Crippen molar-refractivity contribution in [1.29, 1.82) is 0 Å². The molecule has 1 rings (SSSR count). The zero-order chi connectivity index (χ0) is 14.8. The monoisotopic (exact) mass is 283 g/mol. The summed E-state index contributed by atoms with van der Waals surface area (Å²) >= 11 is 0. The van der Waals surface area contributed by atoms with E-state index in [1.54, 1.807) is 7.11 Å². The lowest BCUT2D eigenvalue weighted by Gasteiger charge is -2.15. The summed E-state index contributed by atoms with van der Waals surface area (Å²) in [5.74, 6) is 0.751. The molecule has 0 aliphatic rings. The SMILES string of the molecule is CNC(C)c1cccc(OCC(O)COCCOC)c1. The minimum atomic E-state index is -0.641. The predicted molar refractivity (Wildman–Crippen MR) is 78.1 cm³/mol. The highest BCUT2D eigenvalue weighted by atomic mass is 16.5. The van der Waals surface area contributed by atoms with E-state index in [4.69, 9.17) is 14.2 Å². The van der Waals surface area contributed by atoms with Crippen LogP contribution in [0.25, 0.3) is 0 Å². The number of benzene rings is 1. The van der Waals surface area contributed by atoms with Gasteiger partial charge in [0.25, 0.3) is 0 Å². The lowest BCUT2D eigenvalue weighted by molar-refractivity contribution is -0.00420. The van der Waals surface area contributed by atoms with Crippen LogP contribution in [0.4, 0.5) is 0 Å². The number of aliphatic hydroxyl groups is 1. The van der Waals surface area contributed by atoms with E-state index >= 15 is 0 Å². The highest BCUT2D eigenvalue weighted by Gasteiger charge is 2.07. The molecular weight excluding hydrogens is 258 g/mol. The van der Waals surface area contributed by atoms with Gasteiger partial charge in [0.1, 0.15) is 18.5 Å². The second-order valence-corrected chi connectivity index (χ2v) is 4.62. The first kappa shape index (κ1) is 16.9. The molecule has 0 radical (unpaired) electrons. The van der Waals surface area contributed by atoms with Crippen molar-refractivity contribution >= 4 is 0 Å². The molecule has 0 aromatic heterocycles. The van der Waals surface area contributed by atoms with Crippen LogP contribution in [-0.4, -0.2) is 51.8 Å². The van der Waals surface area contributed by atoms with Crippen LogP contribution < -0.4 is 10.1 Å². The second-order valence-electron chi connectivity index (χ2n) is 4.62. The van der Waals surface area contributed by atoms with E-state index in [-0.39, 0.29) is 19.3 Å². The zero-order valence-corrected chi connectivity index (χ0v) is 12.5. The third-order valence-corrected chi connectivity index (χ3v) is 2.98. The number of methoxy groups -OCH3 is 1. The highest BCUT2D eigenvalue weighted by molar-refractivity contribution is 5.30. The summed E-state index contributed by atoms with van der Waals surface area (Å²) in [5.41, 5.74) is 1.15. The smallest absolute Gasteiger partial charge is 0.119 e. The molecule has 5 heteroatoms. The van der Waals surface area contributed by atoms with Gasteiger partial charge in [-0.05, 0) is 31.7 Å². The van der Waals surface area contributed by atoms with E-state index in [1.165, 1.54) is 0 Å². The Morgan fingerprint density at radius 2 is 2.05 bits per heavy atom. The largest absolute Gasteiger partial charge is 0.491 e. The molecular formula is C15H25NO4. The van der Waals surface area contributed by atoms with Crippen LogP contribution in [0.3, 0.4) is 0 Å². The molecule has 114 valence electrons. The first-order chi connectivity index (χ1) is 9.67. The van der Waals surface area contributed by atoms with Gasteiger partial charge in [-0.15, -0.1) is 0 Å². The zero-order valence-electron chi connectivity index (χ0n) is 12.5. The van der Waals surface area contributed by atoms with E-state index < -0.39 is 6.10 Å². The van der Waals surface area contributed by atoms with Crippen molar-refractivity contribution in [3.8, 4) is 5.75 Å². The molecule has 2 N–H and O–H groups in total. The first-order valence-electron chi connectivity index (χ1n) is 6.82. The van der Waals surface area contributed by atoms with Gasteiger partial charge in [-0.3, -0.25) is 0 Å². The van der Waals surface area contributed by atoms with E-state index in [2.05, 4.69) is 12.2 Å². The Labute approximate surface area is 120 Å². The summed E-state index contributed by atoms with van der Waals surface area (Å²) in [7, 11) is 3.53. The number of hydrogen-bond acceptors (Lipinski definition) is 5. The van der Waals surface area contributed by atoms with Gasteiger partial charge in [0.15, 0.2) is 0 Å². The van der Waals surface area contributed by atoms with E-state index in [1.807, 2.05) is 31.3 Å². The molecule has 2 atom stereocenters. The summed E-state index contributed by atoms with van der Waals surface area (Å²) < 4.78 is 15.7. The molecule has 0 fully saturated rings. The molecule has 20 heavy (non-hydrogen) atoms. The fraction of sp³-hybridized carbons (Fsp3) is 0.600. The van der Waals surface area contributed by atoms with Crippen LogP contribution in [0.5, 0.6) is 5.75 Å². The second kappa shape index (κ2) is 9.72. The summed E-state index contributed by atoms with van der Waals surface area (Å²) in [6.45, 7) is 3.54. The van der Waals surface area contributed by atoms with E-state index in [9.17, 15) is 5.11 Å². The van der Waals surface area contributed by atoms with Crippen molar-refractivity contribution in [2.75, 3.05) is 40.6 Å². The Hall–Kier alpha value is -1.14. The van der Waals surface area contributed by atoms with Crippen LogP contribution in [0, 0.1) is 0 Å². The van der Waals surface area contributed by atoms with Crippen molar-refractivity contribution in [3.63, 3.8) is 0 Å². The standard InChI is InChI=1S/C15H25NO4/c1-12(16-2)13-5-4-6-15(9-13)20-11-14(17)10-19-8-7-18-3/h4-6,9,12,14,16-17H,7-8,10-11H2,1-3H3. The Balaban J connectivity index is 2.33. The molecule has 0 saturated carbocycles. The molecule has 2 unspecified atom stereocenters. The average Bonchev–Trinajstić information content (AvgIpc) is 2.49. The summed E-state index contributed by atoms with van der Waals surface area (Å²) in [5, 5.41) is 12.9. The Morgan fingerprint density at radius 1 is 1.25 bits per heavy atom. The summed E-state index contributed by atoms with van der Waals surface area (Å²) in [6.07, 6.45) is -0.641. The van der Waals surface area contributed by atoms with E-state index in [0.29, 0.717) is 13.2 Å². The van der Waals surface area contributed by atoms with Gasteiger partial charge in [-0.1, -0.05) is 12.1 Å². The molecule has 1 aromatic carbocycles. The molecule has 0 bridgehead atoms. The number of aliphatic hydroxyl groups excluding tert-OH is 1. The Morgan fingerprint density at radius 3 is 2.75 bits per heavy atom. The number of nitrogens with one attached hydrogen (secondary N) is 1. The van der Waals surface area contributed by atoms with Crippen molar-refractivity contribution in [2.24, 2.45) is 0 Å². The van der Waals surface area contributed by atoms with Crippen LogP contribution in [-0.2, 0) is 9.47 Å². The third-order valence-electron chi connectivity index (χ3n) is 2.98. The van der Waals surface area contributed by atoms with Crippen LogP contribution in [0.2, 0.25) is 0 Å². The van der Waals surface area contributed by atoms with Crippen LogP contribution in [0.15, 0.2) is 24.3 Å². The average molecular weight is 283 g/mol. The van der Waals surface area contributed by atoms with Crippen molar-refractivity contribution < 1.29 is 19.3 Å². The van der Waals surface area contributed by atoms with Gasteiger partial charge in [-0.25, -0.2) is 0 Å². The van der Waals surface area contributed by atoms with Gasteiger partial charge in [-0.2, -0.15) is 0 Å². The topological polar surface area (TPSA) is 60.0 Å². The van der Waals surface area contributed by atoms with E-state index in [0.717, 1.165) is 11.3 Å². The minimum absolute atomic E-state index is 0.213. The maximum absolute atomic E-state index is 9.73. The van der Waals surface area contributed by atoms with Crippen molar-refractivity contribution in [3.05, 3.63) is 29.8 Å². The van der Waals surface area contributed by atoms with Crippen LogP contribution >= 0.6 is 0 Å². The molecule has 0 heterocycles. The normalized spacial score (nSPS) is 14.0. The van der Waals surface area contributed by atoms with Gasteiger partial charge >= 0.3 is 0 Å². The summed E-state index contributed by atoms with van der Waals surface area (Å²) in [6, 6.07) is 8.10. The first-order valence-corrected chi connectivity index (χ1v) is 6.82. The molecule has 0 spiro atoms. The maximum Gasteiger partial charge on any atom is 0.119 e.